The van der Waals surface area contributed by atoms with Crippen LogP contribution in [0.3, 0.4) is 0 Å². The van der Waals surface area contributed by atoms with Gasteiger partial charge in [0.05, 0.1) is 0 Å². The minimum absolute atomic E-state index is 0.936. The second-order valence-electron chi connectivity index (χ2n) is 9.22. The highest BCUT2D eigenvalue weighted by Gasteiger charge is 2.18. The van der Waals surface area contributed by atoms with Crippen LogP contribution in [0.15, 0.2) is 96.7 Å². The third-order valence-electron chi connectivity index (χ3n) is 6.96. The Morgan fingerprint density at radius 3 is 2.21 bits per heavy atom. The van der Waals surface area contributed by atoms with Gasteiger partial charge < -0.3 is 4.90 Å². The van der Waals surface area contributed by atoms with E-state index in [1.54, 1.807) is 0 Å². The van der Waals surface area contributed by atoms with Crippen LogP contribution >= 0.6 is 0 Å². The highest BCUT2D eigenvalue weighted by Crippen LogP contribution is 2.39. The van der Waals surface area contributed by atoms with Crippen LogP contribution in [-0.4, -0.2) is 11.4 Å². The normalized spacial score (nSPS) is 13.6. The fraction of sp³-hybridized carbons (Fsp3) is 0.250. The topological polar surface area (TPSA) is 3.24 Å². The minimum Gasteiger partial charge on any atom is -0.367 e. The smallest absolute Gasteiger partial charge is 0.0436 e. The van der Waals surface area contributed by atoms with Gasteiger partial charge in [0, 0.05) is 18.8 Å². The van der Waals surface area contributed by atoms with Crippen molar-refractivity contribution in [1.82, 2.24) is 4.90 Å². The molecule has 0 fully saturated rings. The lowest BCUT2D eigenvalue weighted by molar-refractivity contribution is 0.351. The SMILES string of the molecule is CCCCCC1=CC=CCN1Cc1ccc2ccccc2c1-c1c(C)ccc2ccccc12. The van der Waals surface area contributed by atoms with Gasteiger partial charge in [0.2, 0.25) is 0 Å². The zero-order chi connectivity index (χ0) is 22.6. The molecule has 1 aliphatic rings. The molecule has 166 valence electrons. The van der Waals surface area contributed by atoms with Crippen LogP contribution in [0.2, 0.25) is 0 Å². The van der Waals surface area contributed by atoms with Crippen molar-refractivity contribution >= 4 is 21.5 Å². The van der Waals surface area contributed by atoms with Gasteiger partial charge in [0.15, 0.2) is 0 Å². The van der Waals surface area contributed by atoms with Gasteiger partial charge in [-0.1, -0.05) is 105 Å². The highest BCUT2D eigenvalue weighted by atomic mass is 15.1. The summed E-state index contributed by atoms with van der Waals surface area (Å²) in [7, 11) is 0. The van der Waals surface area contributed by atoms with E-state index in [0.29, 0.717) is 0 Å². The standard InChI is InChI=1S/C32H33N/c1-3-4-5-14-28-15-10-11-22-33(28)23-27-21-20-26-13-7-9-17-30(26)32(27)31-24(2)18-19-25-12-6-8-16-29(25)31/h6-13,15-21H,3-5,14,22-23H2,1-2H3. The Kier molecular flexibility index (Phi) is 6.30. The van der Waals surface area contributed by atoms with Gasteiger partial charge in [-0.3, -0.25) is 0 Å². The number of benzene rings is 4. The highest BCUT2D eigenvalue weighted by molar-refractivity contribution is 6.07. The fourth-order valence-electron chi connectivity index (χ4n) is 5.22. The molecule has 33 heavy (non-hydrogen) atoms. The molecule has 5 rings (SSSR count). The number of rotatable bonds is 7. The van der Waals surface area contributed by atoms with Crippen LogP contribution in [0.4, 0.5) is 0 Å². The maximum Gasteiger partial charge on any atom is 0.0436 e. The van der Waals surface area contributed by atoms with E-state index in [9.17, 15) is 0 Å². The Balaban J connectivity index is 1.65. The van der Waals surface area contributed by atoms with E-state index in [1.807, 2.05) is 0 Å². The molecule has 1 heterocycles. The average Bonchev–Trinajstić information content (AvgIpc) is 2.85. The molecule has 0 N–H and O–H groups in total. The van der Waals surface area contributed by atoms with Crippen molar-refractivity contribution < 1.29 is 0 Å². The van der Waals surface area contributed by atoms with Crippen molar-refractivity contribution in [3.05, 3.63) is 108 Å². The van der Waals surface area contributed by atoms with E-state index in [0.717, 1.165) is 19.5 Å². The zero-order valence-corrected chi connectivity index (χ0v) is 19.9. The van der Waals surface area contributed by atoms with Crippen LogP contribution in [0, 0.1) is 6.92 Å². The summed E-state index contributed by atoms with van der Waals surface area (Å²) >= 11 is 0. The van der Waals surface area contributed by atoms with Crippen LogP contribution < -0.4 is 0 Å². The van der Waals surface area contributed by atoms with Gasteiger partial charge in [-0.15, -0.1) is 0 Å². The van der Waals surface area contributed by atoms with E-state index in [-0.39, 0.29) is 0 Å². The van der Waals surface area contributed by atoms with E-state index in [2.05, 4.69) is 110 Å². The predicted octanol–water partition coefficient (Wildman–Crippen LogP) is 8.80. The van der Waals surface area contributed by atoms with E-state index in [1.165, 1.54) is 68.8 Å². The lowest BCUT2D eigenvalue weighted by atomic mass is 9.87. The second-order valence-corrected chi connectivity index (χ2v) is 9.22. The first-order valence-corrected chi connectivity index (χ1v) is 12.4. The number of fused-ring (bicyclic) bond motifs is 2. The van der Waals surface area contributed by atoms with Gasteiger partial charge >= 0.3 is 0 Å². The van der Waals surface area contributed by atoms with Gasteiger partial charge in [-0.25, -0.2) is 0 Å². The Hall–Kier alpha value is -3.32. The molecule has 0 bridgehead atoms. The Morgan fingerprint density at radius 1 is 0.758 bits per heavy atom. The Bertz CT molecular complexity index is 1340. The Labute approximate surface area is 198 Å². The number of unbranched alkanes of at least 4 members (excludes halogenated alkanes) is 2. The van der Waals surface area contributed by atoms with Crippen LogP contribution in [0.1, 0.15) is 43.7 Å². The van der Waals surface area contributed by atoms with Crippen molar-refractivity contribution in [2.45, 2.75) is 46.1 Å². The monoisotopic (exact) mass is 431 g/mol. The molecular formula is C32H33N. The van der Waals surface area contributed by atoms with E-state index in [4.69, 9.17) is 0 Å². The summed E-state index contributed by atoms with van der Waals surface area (Å²) in [6.07, 6.45) is 11.8. The molecule has 1 nitrogen and oxygen atoms in total. The third-order valence-corrected chi connectivity index (χ3v) is 6.96. The molecule has 1 aliphatic heterocycles. The lowest BCUT2D eigenvalue weighted by Crippen LogP contribution is -2.25. The molecule has 0 aromatic heterocycles. The first-order valence-electron chi connectivity index (χ1n) is 12.4. The molecular weight excluding hydrogens is 398 g/mol. The minimum atomic E-state index is 0.936. The summed E-state index contributed by atoms with van der Waals surface area (Å²) in [5.74, 6) is 0. The van der Waals surface area contributed by atoms with Gasteiger partial charge in [0.1, 0.15) is 0 Å². The average molecular weight is 432 g/mol. The molecule has 0 spiro atoms. The number of allylic oxidation sites excluding steroid dienone is 3. The summed E-state index contributed by atoms with van der Waals surface area (Å²) in [5.41, 5.74) is 6.99. The number of hydrogen-bond donors (Lipinski definition) is 0. The van der Waals surface area contributed by atoms with Crippen molar-refractivity contribution in [3.63, 3.8) is 0 Å². The maximum absolute atomic E-state index is 2.57. The lowest BCUT2D eigenvalue weighted by Gasteiger charge is -2.30. The van der Waals surface area contributed by atoms with E-state index >= 15 is 0 Å². The molecule has 0 aliphatic carbocycles. The first-order chi connectivity index (χ1) is 16.3. The maximum atomic E-state index is 2.57. The second kappa shape index (κ2) is 9.67. The summed E-state index contributed by atoms with van der Waals surface area (Å²) in [6.45, 7) is 6.46. The molecule has 0 amide bonds. The summed E-state index contributed by atoms with van der Waals surface area (Å²) < 4.78 is 0. The van der Waals surface area contributed by atoms with Crippen molar-refractivity contribution in [2.75, 3.05) is 6.54 Å². The van der Waals surface area contributed by atoms with Crippen LogP contribution in [0.25, 0.3) is 32.7 Å². The Morgan fingerprint density at radius 2 is 1.45 bits per heavy atom. The molecule has 1 heteroatoms. The molecule has 0 unspecified atom stereocenters. The van der Waals surface area contributed by atoms with E-state index < -0.39 is 0 Å². The molecule has 0 saturated heterocycles. The van der Waals surface area contributed by atoms with Gasteiger partial charge in [-0.05, 0) is 69.6 Å². The number of hydrogen-bond acceptors (Lipinski definition) is 1. The quantitative estimate of drug-likeness (QED) is 0.264. The zero-order valence-electron chi connectivity index (χ0n) is 19.9. The predicted molar refractivity (Wildman–Crippen MR) is 143 cm³/mol. The molecule has 4 aromatic carbocycles. The number of aryl methyl sites for hydroxylation is 1. The van der Waals surface area contributed by atoms with Gasteiger partial charge in [0.25, 0.3) is 0 Å². The van der Waals surface area contributed by atoms with Crippen LogP contribution in [-0.2, 0) is 6.54 Å². The van der Waals surface area contributed by atoms with Gasteiger partial charge in [-0.2, -0.15) is 0 Å². The third kappa shape index (κ3) is 4.33. The molecule has 0 atom stereocenters. The number of nitrogens with zero attached hydrogens (tertiary/aromatic N) is 1. The molecule has 0 saturated carbocycles. The fourth-order valence-corrected chi connectivity index (χ4v) is 5.22. The summed E-state index contributed by atoms with van der Waals surface area (Å²) in [4.78, 5) is 2.57. The first kappa shape index (κ1) is 21.5. The summed E-state index contributed by atoms with van der Waals surface area (Å²) in [6, 6.07) is 26.9. The largest absolute Gasteiger partial charge is 0.367 e. The molecule has 4 aromatic rings. The van der Waals surface area contributed by atoms with Crippen LogP contribution in [0.5, 0.6) is 0 Å². The van der Waals surface area contributed by atoms with Crippen molar-refractivity contribution in [2.24, 2.45) is 0 Å². The van der Waals surface area contributed by atoms with Crippen molar-refractivity contribution in [1.29, 1.82) is 0 Å². The van der Waals surface area contributed by atoms with Crippen molar-refractivity contribution in [3.8, 4) is 11.1 Å². The summed E-state index contributed by atoms with van der Waals surface area (Å²) in [5, 5.41) is 5.30. The molecule has 0 radical (unpaired) electrons.